The highest BCUT2D eigenvalue weighted by Crippen LogP contribution is 2.39. The van der Waals surface area contributed by atoms with Crippen LogP contribution in [0.1, 0.15) is 43.4 Å². The number of nitriles is 1. The number of methoxy groups -OCH3 is 1. The lowest BCUT2D eigenvalue weighted by Crippen LogP contribution is -2.33. The minimum Gasteiger partial charge on any atom is -0.506 e. The van der Waals surface area contributed by atoms with Crippen molar-refractivity contribution >= 4 is 11.4 Å². The van der Waals surface area contributed by atoms with Crippen LogP contribution in [0.15, 0.2) is 61.1 Å². The SMILES string of the molecule is COc1ccncc1N(c1ccc(C(F)(F)F)cc1)C1CCCCC1.N#Cc1ccc(O)cn1. The van der Waals surface area contributed by atoms with E-state index in [-0.39, 0.29) is 11.8 Å². The lowest BCUT2D eigenvalue weighted by atomic mass is 9.93. The molecule has 0 radical (unpaired) electrons. The van der Waals surface area contributed by atoms with Gasteiger partial charge in [0.2, 0.25) is 0 Å². The van der Waals surface area contributed by atoms with Crippen molar-refractivity contribution in [1.29, 1.82) is 5.26 Å². The van der Waals surface area contributed by atoms with Crippen molar-refractivity contribution in [2.75, 3.05) is 12.0 Å². The summed E-state index contributed by atoms with van der Waals surface area (Å²) in [4.78, 5) is 9.85. The Hall–Kier alpha value is -3.80. The van der Waals surface area contributed by atoms with Gasteiger partial charge in [0.1, 0.15) is 28.9 Å². The molecule has 9 heteroatoms. The van der Waals surface area contributed by atoms with Crippen molar-refractivity contribution in [2.45, 2.75) is 44.3 Å². The van der Waals surface area contributed by atoms with E-state index in [0.29, 0.717) is 11.4 Å². The topological polar surface area (TPSA) is 82.3 Å². The van der Waals surface area contributed by atoms with Crippen LogP contribution in [0.5, 0.6) is 11.5 Å². The number of anilines is 2. The van der Waals surface area contributed by atoms with Crippen molar-refractivity contribution < 1.29 is 23.0 Å². The third-order valence-corrected chi connectivity index (χ3v) is 5.52. The quantitative estimate of drug-likeness (QED) is 0.486. The summed E-state index contributed by atoms with van der Waals surface area (Å²) in [5, 5.41) is 16.9. The highest BCUT2D eigenvalue weighted by atomic mass is 19.4. The molecule has 0 aliphatic heterocycles. The van der Waals surface area contributed by atoms with Gasteiger partial charge in [0.25, 0.3) is 0 Å². The number of pyridine rings is 2. The molecule has 34 heavy (non-hydrogen) atoms. The molecule has 6 nitrogen and oxygen atoms in total. The van der Waals surface area contributed by atoms with Crippen molar-refractivity contribution in [3.8, 4) is 17.6 Å². The van der Waals surface area contributed by atoms with Crippen molar-refractivity contribution in [3.63, 3.8) is 0 Å². The lowest BCUT2D eigenvalue weighted by molar-refractivity contribution is -0.137. The number of ether oxygens (including phenoxy) is 1. The first-order chi connectivity index (χ1) is 16.3. The third kappa shape index (κ3) is 6.38. The van der Waals surface area contributed by atoms with Crippen molar-refractivity contribution in [1.82, 2.24) is 9.97 Å². The Kier molecular flexibility index (Phi) is 8.30. The zero-order valence-electron chi connectivity index (χ0n) is 18.7. The van der Waals surface area contributed by atoms with Gasteiger partial charge in [0.05, 0.1) is 25.1 Å². The lowest BCUT2D eigenvalue weighted by Gasteiger charge is -2.36. The molecule has 1 aliphatic carbocycles. The molecule has 0 spiro atoms. The number of hydrogen-bond acceptors (Lipinski definition) is 6. The molecule has 0 atom stereocenters. The maximum Gasteiger partial charge on any atom is 0.416 e. The van der Waals surface area contributed by atoms with Crippen LogP contribution in [0.3, 0.4) is 0 Å². The molecule has 4 rings (SSSR count). The van der Waals surface area contributed by atoms with E-state index in [2.05, 4.69) is 14.9 Å². The first-order valence-electron chi connectivity index (χ1n) is 10.8. The molecule has 3 aromatic rings. The first kappa shape index (κ1) is 24.8. The van der Waals surface area contributed by atoms with Gasteiger partial charge in [-0.3, -0.25) is 4.98 Å². The summed E-state index contributed by atoms with van der Waals surface area (Å²) in [7, 11) is 1.59. The zero-order chi connectivity index (χ0) is 24.6. The molecular weight excluding hydrogens is 445 g/mol. The van der Waals surface area contributed by atoms with E-state index in [9.17, 15) is 13.2 Å². The number of rotatable bonds is 4. The van der Waals surface area contributed by atoms with Gasteiger partial charge in [0, 0.05) is 24.0 Å². The molecule has 0 amide bonds. The Labute approximate surface area is 196 Å². The maximum absolute atomic E-state index is 12.9. The summed E-state index contributed by atoms with van der Waals surface area (Å²) in [6.07, 6.45) is 5.69. The average molecular weight is 470 g/mol. The van der Waals surface area contributed by atoms with E-state index in [1.807, 2.05) is 6.07 Å². The second-order valence-corrected chi connectivity index (χ2v) is 7.77. The number of aromatic nitrogens is 2. The highest BCUT2D eigenvalue weighted by Gasteiger charge is 2.31. The van der Waals surface area contributed by atoms with Crippen LogP contribution in [-0.2, 0) is 6.18 Å². The summed E-state index contributed by atoms with van der Waals surface area (Å²) < 4.78 is 44.1. The summed E-state index contributed by atoms with van der Waals surface area (Å²) in [5.41, 5.74) is 1.19. The van der Waals surface area contributed by atoms with Crippen LogP contribution in [0.25, 0.3) is 0 Å². The van der Waals surface area contributed by atoms with Gasteiger partial charge in [-0.2, -0.15) is 18.4 Å². The van der Waals surface area contributed by atoms with Gasteiger partial charge in [-0.25, -0.2) is 4.98 Å². The standard InChI is InChI=1S/C19H21F3N2O.C6H4N2O/c1-25-18-11-12-23-13-17(18)24(15-5-3-2-4-6-15)16-9-7-14(8-10-16)19(20,21)22;7-3-5-1-2-6(9)4-8-5/h7-13,15H,2-6H2,1H3;1-2,4,9H. The summed E-state index contributed by atoms with van der Waals surface area (Å²) in [6.45, 7) is 0. The summed E-state index contributed by atoms with van der Waals surface area (Å²) in [6, 6.07) is 12.0. The number of halogens is 3. The fourth-order valence-corrected chi connectivity index (χ4v) is 3.88. The Bertz CT molecular complexity index is 1090. The Balaban J connectivity index is 0.000000302. The van der Waals surface area contributed by atoms with E-state index < -0.39 is 11.7 Å². The first-order valence-corrected chi connectivity index (χ1v) is 10.8. The summed E-state index contributed by atoms with van der Waals surface area (Å²) >= 11 is 0. The molecule has 1 fully saturated rings. The van der Waals surface area contributed by atoms with Gasteiger partial charge in [-0.05, 0) is 49.2 Å². The van der Waals surface area contributed by atoms with Crippen LogP contribution in [0.2, 0.25) is 0 Å². The third-order valence-electron chi connectivity index (χ3n) is 5.52. The number of hydrogen-bond donors (Lipinski definition) is 1. The monoisotopic (exact) mass is 470 g/mol. The molecular formula is C25H25F3N4O2. The normalized spacial score (nSPS) is 13.9. The zero-order valence-corrected chi connectivity index (χ0v) is 18.7. The number of nitrogens with zero attached hydrogens (tertiary/aromatic N) is 4. The van der Waals surface area contributed by atoms with Crippen molar-refractivity contribution in [3.05, 3.63) is 72.3 Å². The molecule has 2 aromatic heterocycles. The van der Waals surface area contributed by atoms with Crippen molar-refractivity contribution in [2.24, 2.45) is 0 Å². The molecule has 1 N–H and O–H groups in total. The Morgan fingerprint density at radius 3 is 2.29 bits per heavy atom. The van der Waals surface area contributed by atoms with Crippen LogP contribution >= 0.6 is 0 Å². The van der Waals surface area contributed by atoms with E-state index in [1.54, 1.807) is 25.6 Å². The predicted octanol–water partition coefficient (Wildman–Crippen LogP) is 6.24. The molecule has 0 bridgehead atoms. The summed E-state index contributed by atoms with van der Waals surface area (Å²) in [5.74, 6) is 0.745. The molecule has 178 valence electrons. The van der Waals surface area contributed by atoms with Gasteiger partial charge < -0.3 is 14.7 Å². The molecule has 0 saturated heterocycles. The second kappa shape index (κ2) is 11.4. The Morgan fingerprint density at radius 2 is 1.74 bits per heavy atom. The van der Waals surface area contributed by atoms with Crippen LogP contribution in [0, 0.1) is 11.3 Å². The maximum atomic E-state index is 12.9. The van der Waals surface area contributed by atoms with Gasteiger partial charge >= 0.3 is 6.18 Å². The Morgan fingerprint density at radius 1 is 1.03 bits per heavy atom. The molecule has 1 aromatic carbocycles. The predicted molar refractivity (Wildman–Crippen MR) is 122 cm³/mol. The minimum absolute atomic E-state index is 0.0778. The van der Waals surface area contributed by atoms with E-state index in [4.69, 9.17) is 15.1 Å². The van der Waals surface area contributed by atoms with Crippen LogP contribution in [-0.4, -0.2) is 28.2 Å². The van der Waals surface area contributed by atoms with E-state index >= 15 is 0 Å². The second-order valence-electron chi connectivity index (χ2n) is 7.77. The van der Waals surface area contributed by atoms with Gasteiger partial charge in [-0.1, -0.05) is 19.3 Å². The average Bonchev–Trinajstić information content (AvgIpc) is 2.86. The van der Waals surface area contributed by atoms with E-state index in [0.717, 1.165) is 49.2 Å². The smallest absolute Gasteiger partial charge is 0.416 e. The van der Waals surface area contributed by atoms with Gasteiger partial charge in [0.15, 0.2) is 0 Å². The molecule has 0 unspecified atom stereocenters. The van der Waals surface area contributed by atoms with Crippen LogP contribution < -0.4 is 9.64 Å². The number of aromatic hydroxyl groups is 1. The largest absolute Gasteiger partial charge is 0.506 e. The van der Waals surface area contributed by atoms with Crippen LogP contribution in [0.4, 0.5) is 24.5 Å². The fraction of sp³-hybridized carbons (Fsp3) is 0.320. The molecule has 1 saturated carbocycles. The van der Waals surface area contributed by atoms with Gasteiger partial charge in [-0.15, -0.1) is 0 Å². The minimum atomic E-state index is -4.33. The number of alkyl halides is 3. The van der Waals surface area contributed by atoms with E-state index in [1.165, 1.54) is 36.9 Å². The number of benzene rings is 1. The molecule has 1 aliphatic rings. The highest BCUT2D eigenvalue weighted by molar-refractivity contribution is 5.69. The fourth-order valence-electron chi connectivity index (χ4n) is 3.88. The molecule has 2 heterocycles.